The van der Waals surface area contributed by atoms with Crippen LogP contribution in [-0.2, 0) is 6.18 Å². The number of nitrogens with one attached hydrogen (secondary N) is 1. The van der Waals surface area contributed by atoms with Crippen molar-refractivity contribution in [2.24, 2.45) is 17.6 Å². The minimum absolute atomic E-state index is 0.234. The lowest BCUT2D eigenvalue weighted by Crippen LogP contribution is -2.53. The van der Waals surface area contributed by atoms with E-state index in [4.69, 9.17) is 18.0 Å². The van der Waals surface area contributed by atoms with Gasteiger partial charge in [0.25, 0.3) is 0 Å². The van der Waals surface area contributed by atoms with E-state index in [-0.39, 0.29) is 6.04 Å². The highest BCUT2D eigenvalue weighted by Gasteiger charge is 2.42. The number of halogens is 3. The Hall–Kier alpha value is -1.57. The molecule has 0 spiro atoms. The minimum atomic E-state index is -4.42. The van der Waals surface area contributed by atoms with Crippen LogP contribution in [0.25, 0.3) is 0 Å². The molecule has 1 saturated heterocycles. The van der Waals surface area contributed by atoms with E-state index in [9.17, 15) is 13.2 Å². The first kappa shape index (κ1) is 15.3. The number of thiocarbonyl (C=S) groups is 1. The van der Waals surface area contributed by atoms with Crippen LogP contribution >= 0.6 is 12.2 Å². The first-order chi connectivity index (χ1) is 10.3. The molecule has 120 valence electrons. The van der Waals surface area contributed by atoms with Gasteiger partial charge in [0, 0.05) is 31.0 Å². The van der Waals surface area contributed by atoms with Crippen molar-refractivity contribution in [3.63, 3.8) is 0 Å². The zero-order chi connectivity index (χ0) is 15.9. The summed E-state index contributed by atoms with van der Waals surface area (Å²) in [6.07, 6.45) is -1.11. The molecule has 2 fully saturated rings. The molecule has 3 rings (SSSR count). The lowest BCUT2D eigenvalue weighted by atomic mass is 9.92. The summed E-state index contributed by atoms with van der Waals surface area (Å²) < 4.78 is 38.4. The van der Waals surface area contributed by atoms with Crippen molar-refractivity contribution in [2.45, 2.75) is 25.1 Å². The van der Waals surface area contributed by atoms with Crippen LogP contribution in [0.2, 0.25) is 0 Å². The zero-order valence-corrected chi connectivity index (χ0v) is 12.6. The summed E-state index contributed by atoms with van der Waals surface area (Å²) in [5.41, 5.74) is 5.29. The molecule has 0 radical (unpaired) electrons. The normalized spacial score (nSPS) is 27.8. The van der Waals surface area contributed by atoms with Crippen LogP contribution in [0.15, 0.2) is 18.3 Å². The Balaban J connectivity index is 1.77. The summed E-state index contributed by atoms with van der Waals surface area (Å²) in [4.78, 5) is 5.43. The molecule has 1 aromatic rings. The Morgan fingerprint density at radius 1 is 1.32 bits per heavy atom. The molecule has 2 atom stereocenters. The van der Waals surface area contributed by atoms with Crippen LogP contribution in [0.1, 0.15) is 18.5 Å². The molecule has 1 aromatic heterocycles. The second-order valence-corrected chi connectivity index (χ2v) is 6.37. The van der Waals surface area contributed by atoms with Crippen LogP contribution in [0.5, 0.6) is 0 Å². The third-order valence-corrected chi connectivity index (χ3v) is 4.66. The van der Waals surface area contributed by atoms with Gasteiger partial charge in [0.2, 0.25) is 0 Å². The number of piperidine rings is 1. The summed E-state index contributed by atoms with van der Waals surface area (Å²) in [6.45, 7) is 1.41. The molecule has 8 heteroatoms. The van der Waals surface area contributed by atoms with E-state index in [1.807, 2.05) is 4.90 Å². The zero-order valence-electron chi connectivity index (χ0n) is 11.8. The van der Waals surface area contributed by atoms with Gasteiger partial charge in [-0.1, -0.05) is 0 Å². The van der Waals surface area contributed by atoms with Crippen molar-refractivity contribution in [1.82, 2.24) is 10.3 Å². The highest BCUT2D eigenvalue weighted by molar-refractivity contribution is 7.80. The Kier molecular flexibility index (Phi) is 3.88. The molecule has 2 aliphatic rings. The molecule has 2 unspecified atom stereocenters. The number of alkyl halides is 3. The van der Waals surface area contributed by atoms with Gasteiger partial charge < -0.3 is 16.0 Å². The molecule has 3 N–H and O–H groups in total. The maximum absolute atomic E-state index is 12.8. The van der Waals surface area contributed by atoms with Crippen molar-refractivity contribution in [3.8, 4) is 0 Å². The predicted molar refractivity (Wildman–Crippen MR) is 81.4 cm³/mol. The maximum atomic E-state index is 12.8. The van der Waals surface area contributed by atoms with Gasteiger partial charge >= 0.3 is 6.18 Å². The fourth-order valence-corrected chi connectivity index (χ4v) is 3.74. The van der Waals surface area contributed by atoms with E-state index < -0.39 is 11.9 Å². The predicted octanol–water partition coefficient (Wildman–Crippen LogP) is 2.15. The van der Waals surface area contributed by atoms with E-state index >= 15 is 0 Å². The average Bonchev–Trinajstić information content (AvgIpc) is 2.69. The molecule has 22 heavy (non-hydrogen) atoms. The summed E-state index contributed by atoms with van der Waals surface area (Å²) in [5.74, 6) is 0.700. The Bertz CT molecular complexity index is 563. The summed E-state index contributed by atoms with van der Waals surface area (Å²) in [5, 5.41) is 3.43. The molecule has 1 aliphatic heterocycles. The molecular formula is C14H17F3N4S. The molecule has 1 aliphatic carbocycles. The molecule has 2 bridgehead atoms. The monoisotopic (exact) mass is 330 g/mol. The standard InChI is InChI=1S/C14H17F3N4S/c15-14(16,17)11-5-10(3-4-19-11)21-6-8-1-2-9(7-21)12(8)20-13(18)22/h3-5,8-9,12H,1-2,6-7H2,(H3,18,20,22). The van der Waals surface area contributed by atoms with E-state index in [1.54, 1.807) is 6.07 Å². The van der Waals surface area contributed by atoms with Crippen LogP contribution < -0.4 is 16.0 Å². The number of rotatable bonds is 2. The van der Waals surface area contributed by atoms with Gasteiger partial charge in [0.15, 0.2) is 5.11 Å². The number of pyridine rings is 1. The second kappa shape index (κ2) is 5.57. The van der Waals surface area contributed by atoms with Crippen LogP contribution in [-0.4, -0.2) is 29.2 Å². The highest BCUT2D eigenvalue weighted by atomic mass is 32.1. The smallest absolute Gasteiger partial charge is 0.376 e. The molecule has 0 aromatic carbocycles. The minimum Gasteiger partial charge on any atom is -0.376 e. The first-order valence-corrected chi connectivity index (χ1v) is 7.59. The van der Waals surface area contributed by atoms with E-state index in [0.717, 1.165) is 18.9 Å². The van der Waals surface area contributed by atoms with Crippen LogP contribution in [0, 0.1) is 11.8 Å². The van der Waals surface area contributed by atoms with Gasteiger partial charge in [-0.25, -0.2) is 0 Å². The van der Waals surface area contributed by atoms with Crippen molar-refractivity contribution < 1.29 is 13.2 Å². The topological polar surface area (TPSA) is 54.2 Å². The Morgan fingerprint density at radius 3 is 2.50 bits per heavy atom. The number of aromatic nitrogens is 1. The fraction of sp³-hybridized carbons (Fsp3) is 0.571. The van der Waals surface area contributed by atoms with Crippen molar-refractivity contribution >= 4 is 23.0 Å². The summed E-state index contributed by atoms with van der Waals surface area (Å²) >= 11 is 4.91. The molecule has 1 saturated carbocycles. The summed E-state index contributed by atoms with van der Waals surface area (Å²) in [7, 11) is 0. The van der Waals surface area contributed by atoms with Crippen molar-refractivity contribution in [2.75, 3.05) is 18.0 Å². The highest BCUT2D eigenvalue weighted by Crippen LogP contribution is 2.39. The molecule has 4 nitrogen and oxygen atoms in total. The van der Waals surface area contributed by atoms with Gasteiger partial charge in [-0.3, -0.25) is 4.98 Å². The third-order valence-electron chi connectivity index (χ3n) is 4.54. The van der Waals surface area contributed by atoms with Gasteiger partial charge in [0.05, 0.1) is 0 Å². The number of nitrogens with zero attached hydrogens (tertiary/aromatic N) is 2. The molecular weight excluding hydrogens is 313 g/mol. The Labute approximate surface area is 131 Å². The number of nitrogens with two attached hydrogens (primary N) is 1. The number of anilines is 1. The van der Waals surface area contributed by atoms with Crippen LogP contribution in [0.4, 0.5) is 18.9 Å². The quantitative estimate of drug-likeness (QED) is 0.814. The van der Waals surface area contributed by atoms with E-state index in [1.165, 1.54) is 6.20 Å². The van der Waals surface area contributed by atoms with E-state index in [2.05, 4.69) is 10.3 Å². The van der Waals surface area contributed by atoms with Gasteiger partial charge in [0.1, 0.15) is 5.69 Å². The van der Waals surface area contributed by atoms with E-state index in [0.29, 0.717) is 35.7 Å². The number of fused-ring (bicyclic) bond motifs is 2. The van der Waals surface area contributed by atoms with Gasteiger partial charge in [-0.15, -0.1) is 0 Å². The molecule has 0 amide bonds. The number of hydrogen-bond donors (Lipinski definition) is 2. The molecule has 2 heterocycles. The SMILES string of the molecule is NC(=S)NC1C2CCC1CN(c1ccnc(C(F)(F)F)c1)C2. The lowest BCUT2D eigenvalue weighted by Gasteiger charge is -2.39. The first-order valence-electron chi connectivity index (χ1n) is 7.19. The second-order valence-electron chi connectivity index (χ2n) is 5.93. The number of hydrogen-bond acceptors (Lipinski definition) is 3. The Morgan fingerprint density at radius 2 is 1.95 bits per heavy atom. The van der Waals surface area contributed by atoms with Crippen molar-refractivity contribution in [1.29, 1.82) is 0 Å². The fourth-order valence-electron chi connectivity index (χ4n) is 3.60. The average molecular weight is 330 g/mol. The largest absolute Gasteiger partial charge is 0.433 e. The van der Waals surface area contributed by atoms with Crippen molar-refractivity contribution in [3.05, 3.63) is 24.0 Å². The van der Waals surface area contributed by atoms with Crippen LogP contribution in [0.3, 0.4) is 0 Å². The van der Waals surface area contributed by atoms with Gasteiger partial charge in [-0.05, 0) is 49.0 Å². The van der Waals surface area contributed by atoms with Gasteiger partial charge in [-0.2, -0.15) is 13.2 Å². The summed E-state index contributed by atoms with van der Waals surface area (Å²) in [6, 6.07) is 2.99. The maximum Gasteiger partial charge on any atom is 0.433 e. The lowest BCUT2D eigenvalue weighted by molar-refractivity contribution is -0.141. The third kappa shape index (κ3) is 2.97.